The molecule has 0 aliphatic carbocycles. The minimum absolute atomic E-state index is 0.333. The second kappa shape index (κ2) is 6.37. The van der Waals surface area contributed by atoms with E-state index >= 15 is 0 Å². The Morgan fingerprint density at radius 2 is 1.18 bits per heavy atom. The number of para-hydroxylation sites is 2. The monoisotopic (exact) mass is 318 g/mol. The number of hydrogen-bond donors (Lipinski definition) is 0. The summed E-state index contributed by atoms with van der Waals surface area (Å²) in [6.07, 6.45) is 0. The molecule has 0 heterocycles. The Kier molecular flexibility index (Phi) is 4.72. The molecule has 0 aliphatic rings. The van der Waals surface area contributed by atoms with Gasteiger partial charge < -0.3 is 9.05 Å². The van der Waals surface area contributed by atoms with Crippen molar-refractivity contribution in [2.45, 2.75) is 20.8 Å². The van der Waals surface area contributed by atoms with Crippen LogP contribution >= 0.6 is 7.60 Å². The van der Waals surface area contributed by atoms with Crippen LogP contribution in [0.25, 0.3) is 0 Å². The molecule has 2 rings (SSSR count). The van der Waals surface area contributed by atoms with Crippen molar-refractivity contribution in [2.24, 2.45) is 5.41 Å². The average Bonchev–Trinajstić information content (AvgIpc) is 2.47. The molecule has 2 aromatic rings. The zero-order chi connectivity index (χ0) is 16.2. The summed E-state index contributed by atoms with van der Waals surface area (Å²) in [7, 11) is -4.01. The van der Waals surface area contributed by atoms with E-state index in [-0.39, 0.29) is 0 Å². The Morgan fingerprint density at radius 3 is 1.50 bits per heavy atom. The van der Waals surface area contributed by atoms with Crippen molar-refractivity contribution in [1.82, 2.24) is 0 Å². The minimum Gasteiger partial charge on any atom is -0.411 e. The molecular formula is C17H19O4P. The molecule has 0 unspecified atom stereocenters. The van der Waals surface area contributed by atoms with Crippen LogP contribution in [0.5, 0.6) is 11.5 Å². The molecule has 0 aromatic heterocycles. The normalized spacial score (nSPS) is 11.8. The standard InChI is InChI=1S/C17H19O4P/c1-17(2,3)16(18)22(19,20-14-10-6-4-7-11-14)21-15-12-8-5-9-13-15/h4-13H,1-3H3. The van der Waals surface area contributed by atoms with Crippen LogP contribution in [0.4, 0.5) is 0 Å². The van der Waals surface area contributed by atoms with E-state index in [1.807, 2.05) is 0 Å². The third kappa shape index (κ3) is 3.99. The van der Waals surface area contributed by atoms with Gasteiger partial charge in [0, 0.05) is 5.41 Å². The lowest BCUT2D eigenvalue weighted by molar-refractivity contribution is -0.119. The molecule has 116 valence electrons. The van der Waals surface area contributed by atoms with Gasteiger partial charge in [-0.25, -0.2) is 4.57 Å². The van der Waals surface area contributed by atoms with E-state index in [9.17, 15) is 9.36 Å². The van der Waals surface area contributed by atoms with Crippen LogP contribution in [-0.4, -0.2) is 5.52 Å². The molecule has 2 aromatic carbocycles. The number of benzene rings is 2. The van der Waals surface area contributed by atoms with Crippen molar-refractivity contribution in [3.8, 4) is 11.5 Å². The van der Waals surface area contributed by atoms with Gasteiger partial charge in [-0.3, -0.25) is 4.79 Å². The van der Waals surface area contributed by atoms with Gasteiger partial charge in [-0.15, -0.1) is 0 Å². The summed E-state index contributed by atoms with van der Waals surface area (Å²) in [5, 5.41) is 0. The summed E-state index contributed by atoms with van der Waals surface area (Å²) < 4.78 is 24.1. The molecule has 5 heteroatoms. The van der Waals surface area contributed by atoms with Crippen molar-refractivity contribution >= 4 is 13.1 Å². The molecule has 0 atom stereocenters. The minimum atomic E-state index is -4.01. The Bertz CT molecular complexity index is 629. The molecule has 0 fully saturated rings. The molecule has 0 radical (unpaired) electrons. The van der Waals surface area contributed by atoms with E-state index in [2.05, 4.69) is 0 Å². The van der Waals surface area contributed by atoms with Crippen LogP contribution in [0.2, 0.25) is 0 Å². The summed E-state index contributed by atoms with van der Waals surface area (Å²) in [4.78, 5) is 12.6. The summed E-state index contributed by atoms with van der Waals surface area (Å²) in [5.74, 6) is 0.665. The first-order valence-corrected chi connectivity index (χ1v) is 8.50. The fourth-order valence-electron chi connectivity index (χ4n) is 1.75. The van der Waals surface area contributed by atoms with Crippen LogP contribution < -0.4 is 9.05 Å². The van der Waals surface area contributed by atoms with E-state index in [0.717, 1.165) is 0 Å². The van der Waals surface area contributed by atoms with E-state index in [0.29, 0.717) is 11.5 Å². The van der Waals surface area contributed by atoms with Crippen molar-refractivity contribution in [1.29, 1.82) is 0 Å². The molecule has 4 nitrogen and oxygen atoms in total. The Hall–Kier alpha value is -2.06. The van der Waals surface area contributed by atoms with Gasteiger partial charge in [-0.2, -0.15) is 0 Å². The van der Waals surface area contributed by atoms with Crippen LogP contribution in [-0.2, 0) is 9.36 Å². The zero-order valence-electron chi connectivity index (χ0n) is 12.9. The SMILES string of the molecule is CC(C)(C)C(=O)P(=O)(Oc1ccccc1)Oc1ccccc1. The van der Waals surface area contributed by atoms with E-state index in [4.69, 9.17) is 9.05 Å². The Morgan fingerprint density at radius 1 is 0.818 bits per heavy atom. The van der Waals surface area contributed by atoms with Crippen LogP contribution in [0.1, 0.15) is 20.8 Å². The molecular weight excluding hydrogens is 299 g/mol. The molecule has 0 spiro atoms. The van der Waals surface area contributed by atoms with E-state index < -0.39 is 18.5 Å². The summed E-state index contributed by atoms with van der Waals surface area (Å²) in [6.45, 7) is 5.06. The highest BCUT2D eigenvalue weighted by molar-refractivity contribution is 7.72. The van der Waals surface area contributed by atoms with Crippen molar-refractivity contribution < 1.29 is 18.4 Å². The highest BCUT2D eigenvalue weighted by Gasteiger charge is 2.45. The van der Waals surface area contributed by atoms with Gasteiger partial charge >= 0.3 is 7.60 Å². The highest BCUT2D eigenvalue weighted by Crippen LogP contribution is 2.53. The van der Waals surface area contributed by atoms with Gasteiger partial charge in [0.05, 0.1) is 0 Å². The lowest BCUT2D eigenvalue weighted by Crippen LogP contribution is -2.24. The van der Waals surface area contributed by atoms with Crippen LogP contribution in [0.3, 0.4) is 0 Å². The maximum Gasteiger partial charge on any atom is 0.498 e. The fourth-order valence-corrected chi connectivity index (χ4v) is 3.58. The lowest BCUT2D eigenvalue weighted by Gasteiger charge is -2.24. The maximum atomic E-state index is 13.1. The molecule has 22 heavy (non-hydrogen) atoms. The first kappa shape index (κ1) is 16.3. The second-order valence-electron chi connectivity index (χ2n) is 5.86. The van der Waals surface area contributed by atoms with Crippen molar-refractivity contribution in [3.05, 3.63) is 60.7 Å². The van der Waals surface area contributed by atoms with Crippen molar-refractivity contribution in [3.63, 3.8) is 0 Å². The first-order chi connectivity index (χ1) is 10.3. The Labute approximate surface area is 130 Å². The maximum absolute atomic E-state index is 13.1. The van der Waals surface area contributed by atoms with E-state index in [1.54, 1.807) is 81.4 Å². The number of rotatable bonds is 5. The van der Waals surface area contributed by atoms with Gasteiger partial charge in [0.1, 0.15) is 11.5 Å². The summed E-state index contributed by atoms with van der Waals surface area (Å²) >= 11 is 0. The molecule has 0 bridgehead atoms. The quantitative estimate of drug-likeness (QED) is 0.735. The molecule has 0 aliphatic heterocycles. The number of hydrogen-bond acceptors (Lipinski definition) is 4. The molecule has 0 saturated carbocycles. The van der Waals surface area contributed by atoms with Gasteiger partial charge in [0.15, 0.2) is 0 Å². The molecule has 0 saturated heterocycles. The average molecular weight is 318 g/mol. The van der Waals surface area contributed by atoms with E-state index in [1.165, 1.54) is 0 Å². The zero-order valence-corrected chi connectivity index (χ0v) is 13.7. The molecule has 0 amide bonds. The van der Waals surface area contributed by atoms with Gasteiger partial charge in [0.25, 0.3) is 5.52 Å². The largest absolute Gasteiger partial charge is 0.498 e. The highest BCUT2D eigenvalue weighted by atomic mass is 31.2. The van der Waals surface area contributed by atoms with Crippen molar-refractivity contribution in [2.75, 3.05) is 0 Å². The molecule has 0 N–H and O–H groups in total. The van der Waals surface area contributed by atoms with Crippen LogP contribution in [0.15, 0.2) is 60.7 Å². The predicted octanol–water partition coefficient (Wildman–Crippen LogP) is 4.91. The first-order valence-electron chi connectivity index (χ1n) is 6.96. The summed E-state index contributed by atoms with van der Waals surface area (Å²) in [6, 6.07) is 17.1. The smallest absolute Gasteiger partial charge is 0.411 e. The summed E-state index contributed by atoms with van der Waals surface area (Å²) in [5.41, 5.74) is -1.41. The lowest BCUT2D eigenvalue weighted by atomic mass is 10.00. The van der Waals surface area contributed by atoms with Crippen LogP contribution in [0, 0.1) is 5.41 Å². The van der Waals surface area contributed by atoms with Gasteiger partial charge in [-0.05, 0) is 24.3 Å². The van der Waals surface area contributed by atoms with Gasteiger partial charge in [-0.1, -0.05) is 57.2 Å². The third-order valence-electron chi connectivity index (χ3n) is 2.83. The number of carbonyl (C=O) groups is 1. The van der Waals surface area contributed by atoms with Gasteiger partial charge in [0.2, 0.25) is 0 Å². The topological polar surface area (TPSA) is 52.6 Å². The fraction of sp³-hybridized carbons (Fsp3) is 0.235. The number of carbonyl (C=O) groups excluding carboxylic acids is 1. The second-order valence-corrected chi connectivity index (χ2v) is 7.63. The predicted molar refractivity (Wildman–Crippen MR) is 86.2 cm³/mol. The third-order valence-corrected chi connectivity index (χ3v) is 4.90. The Balaban J connectivity index is 2.36.